The number of hydrogen-bond donors (Lipinski definition) is 0. The molecular formula is C24H26O7S. The van der Waals surface area contributed by atoms with Crippen molar-refractivity contribution >= 4 is 23.7 Å². The maximum absolute atomic E-state index is 12.7. The molecule has 0 amide bonds. The van der Waals surface area contributed by atoms with Crippen LogP contribution < -0.4 is 0 Å². The molecule has 2 aromatic carbocycles. The first-order valence-corrected chi connectivity index (χ1v) is 11.7. The molecule has 32 heavy (non-hydrogen) atoms. The number of fused-ring (bicyclic) bond motifs is 1. The Morgan fingerprint density at radius 1 is 0.906 bits per heavy atom. The number of ether oxygens (including phenoxy) is 5. The summed E-state index contributed by atoms with van der Waals surface area (Å²) in [7, 11) is 0. The largest absolute Gasteiger partial charge is 0.459 e. The molecule has 7 nitrogen and oxygen atoms in total. The van der Waals surface area contributed by atoms with Crippen molar-refractivity contribution in [2.45, 2.75) is 49.5 Å². The van der Waals surface area contributed by atoms with E-state index in [4.69, 9.17) is 23.7 Å². The summed E-state index contributed by atoms with van der Waals surface area (Å²) in [6, 6.07) is 17.5. The van der Waals surface area contributed by atoms with E-state index in [1.54, 1.807) is 62.4 Å². The van der Waals surface area contributed by atoms with Crippen molar-refractivity contribution in [2.24, 2.45) is 0 Å². The average Bonchev–Trinajstić information content (AvgIpc) is 3.14. The number of carbonyl (C=O) groups excluding carboxylic acids is 2. The van der Waals surface area contributed by atoms with Crippen molar-refractivity contribution in [1.82, 2.24) is 0 Å². The number of carbonyl (C=O) groups is 2. The molecule has 0 aliphatic carbocycles. The van der Waals surface area contributed by atoms with E-state index in [9.17, 15) is 9.59 Å². The summed E-state index contributed by atoms with van der Waals surface area (Å²) in [5.41, 5.74) is 0.391. The van der Waals surface area contributed by atoms with E-state index in [-0.39, 0.29) is 6.61 Å². The lowest BCUT2D eigenvalue weighted by atomic mass is 10.00. The molecule has 170 valence electrons. The number of benzene rings is 2. The van der Waals surface area contributed by atoms with Gasteiger partial charge in [-0.3, -0.25) is 0 Å². The van der Waals surface area contributed by atoms with Crippen molar-refractivity contribution in [3.63, 3.8) is 0 Å². The molecule has 2 fully saturated rings. The molecule has 2 aliphatic heterocycles. The van der Waals surface area contributed by atoms with Gasteiger partial charge in [0.25, 0.3) is 0 Å². The van der Waals surface area contributed by atoms with Crippen LogP contribution in [0.15, 0.2) is 60.7 Å². The molecule has 0 aromatic heterocycles. The molecule has 2 aromatic rings. The van der Waals surface area contributed by atoms with Crippen LogP contribution in [0.3, 0.4) is 0 Å². The molecule has 2 saturated heterocycles. The van der Waals surface area contributed by atoms with Crippen LogP contribution in [0, 0.1) is 0 Å². The number of hydrogen-bond acceptors (Lipinski definition) is 8. The van der Waals surface area contributed by atoms with Crippen LogP contribution in [0.5, 0.6) is 0 Å². The molecule has 0 spiro atoms. The maximum Gasteiger partial charge on any atom is 0.338 e. The number of thioether (sulfide) groups is 1. The predicted molar refractivity (Wildman–Crippen MR) is 118 cm³/mol. The van der Waals surface area contributed by atoms with Gasteiger partial charge in [0.05, 0.1) is 11.1 Å². The first-order chi connectivity index (χ1) is 15.4. The molecule has 0 N–H and O–H groups in total. The van der Waals surface area contributed by atoms with E-state index >= 15 is 0 Å². The van der Waals surface area contributed by atoms with Gasteiger partial charge in [-0.15, -0.1) is 11.8 Å². The Labute approximate surface area is 191 Å². The molecule has 8 heteroatoms. The molecule has 5 atom stereocenters. The van der Waals surface area contributed by atoms with E-state index in [0.717, 1.165) is 0 Å². The second-order valence-corrected chi connectivity index (χ2v) is 8.98. The molecular weight excluding hydrogens is 432 g/mol. The van der Waals surface area contributed by atoms with Gasteiger partial charge in [0, 0.05) is 0 Å². The third-order valence-electron chi connectivity index (χ3n) is 5.30. The Hall–Kier alpha value is -2.39. The normalized spacial score (nSPS) is 28.5. The van der Waals surface area contributed by atoms with Crippen molar-refractivity contribution in [3.8, 4) is 0 Å². The Bertz CT molecular complexity index is 934. The van der Waals surface area contributed by atoms with Crippen LogP contribution in [0.1, 0.15) is 34.6 Å². The van der Waals surface area contributed by atoms with Crippen LogP contribution in [0.25, 0.3) is 0 Å². The first kappa shape index (κ1) is 22.8. The van der Waals surface area contributed by atoms with Crippen molar-refractivity contribution < 1.29 is 33.3 Å². The quantitative estimate of drug-likeness (QED) is 0.607. The number of esters is 2. The van der Waals surface area contributed by atoms with E-state index in [1.807, 2.05) is 18.4 Å². The van der Waals surface area contributed by atoms with Gasteiger partial charge in [0.15, 0.2) is 11.9 Å². The Morgan fingerprint density at radius 2 is 1.47 bits per heavy atom. The standard InChI is InChI=1S/C24H26O7S/c1-24(2)30-18-17(14-27-21(25)15-10-6-4-7-11-15)28-23(32-3)20(19(18)31-24)29-22(26)16-12-8-5-9-13-16/h4-13,17-20,23H,14H2,1-3H3/t17-,18+,19+,20-,23+/m1/s1. The van der Waals surface area contributed by atoms with Gasteiger partial charge in [-0.1, -0.05) is 36.4 Å². The molecule has 0 saturated carbocycles. The Kier molecular flexibility index (Phi) is 6.85. The fraction of sp³-hybridized carbons (Fsp3) is 0.417. The van der Waals surface area contributed by atoms with Crippen LogP contribution in [-0.2, 0) is 23.7 Å². The molecule has 0 bridgehead atoms. The molecule has 4 rings (SSSR count). The summed E-state index contributed by atoms with van der Waals surface area (Å²) >= 11 is 1.40. The summed E-state index contributed by atoms with van der Waals surface area (Å²) in [4.78, 5) is 25.1. The lowest BCUT2D eigenvalue weighted by Crippen LogP contribution is -2.57. The topological polar surface area (TPSA) is 80.3 Å². The van der Waals surface area contributed by atoms with Crippen LogP contribution in [-0.4, -0.2) is 60.4 Å². The highest BCUT2D eigenvalue weighted by Gasteiger charge is 2.57. The Balaban J connectivity index is 1.49. The summed E-state index contributed by atoms with van der Waals surface area (Å²) in [6.45, 7) is 3.58. The van der Waals surface area contributed by atoms with Gasteiger partial charge in [0.1, 0.15) is 30.4 Å². The molecule has 0 radical (unpaired) electrons. The van der Waals surface area contributed by atoms with Gasteiger partial charge in [-0.05, 0) is 44.4 Å². The highest BCUT2D eigenvalue weighted by atomic mass is 32.2. The zero-order valence-corrected chi connectivity index (χ0v) is 18.9. The summed E-state index contributed by atoms with van der Waals surface area (Å²) in [5, 5.41) is 0. The second kappa shape index (κ2) is 9.62. The second-order valence-electron chi connectivity index (χ2n) is 8.04. The highest BCUT2D eigenvalue weighted by Crippen LogP contribution is 2.41. The van der Waals surface area contributed by atoms with Crippen molar-refractivity contribution in [3.05, 3.63) is 71.8 Å². The van der Waals surface area contributed by atoms with Gasteiger partial charge >= 0.3 is 11.9 Å². The van der Waals surface area contributed by atoms with Crippen LogP contribution in [0.4, 0.5) is 0 Å². The summed E-state index contributed by atoms with van der Waals surface area (Å²) in [5.74, 6) is -1.80. The SMILES string of the molecule is CS[C@@H]1O[C@H](COC(=O)c2ccccc2)[C@@H]2OC(C)(C)O[C@@H]2[C@H]1OC(=O)c1ccccc1. The van der Waals surface area contributed by atoms with Gasteiger partial charge in [-0.2, -0.15) is 0 Å². The van der Waals surface area contributed by atoms with Gasteiger partial charge < -0.3 is 23.7 Å². The maximum atomic E-state index is 12.7. The van der Waals surface area contributed by atoms with Crippen molar-refractivity contribution in [2.75, 3.05) is 12.9 Å². The lowest BCUT2D eigenvalue weighted by molar-refractivity contribution is -0.170. The van der Waals surface area contributed by atoms with Gasteiger partial charge in [-0.25, -0.2) is 9.59 Å². The van der Waals surface area contributed by atoms with Crippen LogP contribution >= 0.6 is 11.8 Å². The zero-order chi connectivity index (χ0) is 22.7. The Morgan fingerprint density at radius 3 is 2.06 bits per heavy atom. The fourth-order valence-electron chi connectivity index (χ4n) is 3.87. The number of rotatable bonds is 6. The predicted octanol–water partition coefficient (Wildman–Crippen LogP) is 3.68. The highest BCUT2D eigenvalue weighted by molar-refractivity contribution is 7.99. The average molecular weight is 459 g/mol. The smallest absolute Gasteiger partial charge is 0.338 e. The van der Waals surface area contributed by atoms with Crippen molar-refractivity contribution in [1.29, 1.82) is 0 Å². The van der Waals surface area contributed by atoms with E-state index in [0.29, 0.717) is 11.1 Å². The summed E-state index contributed by atoms with van der Waals surface area (Å²) < 4.78 is 29.7. The summed E-state index contributed by atoms with van der Waals surface area (Å²) in [6.07, 6.45) is -0.526. The molecule has 2 heterocycles. The third-order valence-corrected chi connectivity index (χ3v) is 6.15. The third kappa shape index (κ3) is 4.99. The van der Waals surface area contributed by atoms with E-state index < -0.39 is 47.6 Å². The zero-order valence-electron chi connectivity index (χ0n) is 18.1. The molecule has 2 aliphatic rings. The lowest BCUT2D eigenvalue weighted by Gasteiger charge is -2.40. The van der Waals surface area contributed by atoms with E-state index in [1.165, 1.54) is 11.8 Å². The van der Waals surface area contributed by atoms with Gasteiger partial charge in [0.2, 0.25) is 0 Å². The van der Waals surface area contributed by atoms with Crippen LogP contribution in [0.2, 0.25) is 0 Å². The monoisotopic (exact) mass is 458 g/mol. The van der Waals surface area contributed by atoms with E-state index in [2.05, 4.69) is 0 Å². The molecule has 0 unspecified atom stereocenters. The fourth-order valence-corrected chi connectivity index (χ4v) is 4.60. The first-order valence-electron chi connectivity index (χ1n) is 10.4. The minimum absolute atomic E-state index is 0.00918. The minimum Gasteiger partial charge on any atom is -0.459 e. The minimum atomic E-state index is -0.898.